The van der Waals surface area contributed by atoms with E-state index in [2.05, 4.69) is 10.5 Å². The lowest BCUT2D eigenvalue weighted by atomic mass is 10.1. The third-order valence-corrected chi connectivity index (χ3v) is 3.77. The molecular formula is C19H16F2N2O4. The Bertz CT molecular complexity index is 972. The van der Waals surface area contributed by atoms with Crippen molar-refractivity contribution >= 4 is 11.6 Å². The average molecular weight is 374 g/mol. The van der Waals surface area contributed by atoms with Crippen LogP contribution in [-0.4, -0.2) is 25.3 Å². The molecule has 0 unspecified atom stereocenters. The molecule has 0 aliphatic rings. The van der Waals surface area contributed by atoms with Gasteiger partial charge in [0.15, 0.2) is 17.3 Å². The monoisotopic (exact) mass is 374 g/mol. The summed E-state index contributed by atoms with van der Waals surface area (Å²) >= 11 is 0. The third kappa shape index (κ3) is 4.22. The smallest absolute Gasteiger partial charge is 0.230 e. The maximum Gasteiger partial charge on any atom is 0.230 e. The first-order chi connectivity index (χ1) is 13.0. The number of rotatable bonds is 6. The minimum absolute atomic E-state index is 0.106. The Morgan fingerprint density at radius 1 is 1.07 bits per heavy atom. The summed E-state index contributed by atoms with van der Waals surface area (Å²) in [6.07, 6.45) is -0.131. The number of carbonyl (C=O) groups excluding carboxylic acids is 1. The summed E-state index contributed by atoms with van der Waals surface area (Å²) in [4.78, 5) is 12.1. The van der Waals surface area contributed by atoms with Crippen molar-refractivity contribution in [2.24, 2.45) is 0 Å². The topological polar surface area (TPSA) is 73.6 Å². The number of nitrogens with zero attached hydrogens (tertiary/aromatic N) is 1. The van der Waals surface area contributed by atoms with Crippen molar-refractivity contribution in [3.63, 3.8) is 0 Å². The lowest BCUT2D eigenvalue weighted by Crippen LogP contribution is -2.15. The molecule has 0 aliphatic carbocycles. The van der Waals surface area contributed by atoms with Crippen LogP contribution in [0.3, 0.4) is 0 Å². The molecule has 0 fully saturated rings. The number of hydrogen-bond donors (Lipinski definition) is 1. The van der Waals surface area contributed by atoms with Crippen LogP contribution >= 0.6 is 0 Å². The number of amides is 1. The largest absolute Gasteiger partial charge is 0.493 e. The van der Waals surface area contributed by atoms with Gasteiger partial charge in [-0.3, -0.25) is 4.79 Å². The van der Waals surface area contributed by atoms with Crippen LogP contribution in [-0.2, 0) is 11.2 Å². The van der Waals surface area contributed by atoms with Gasteiger partial charge in [0, 0.05) is 17.7 Å². The normalized spacial score (nSPS) is 10.5. The predicted molar refractivity (Wildman–Crippen MR) is 93.7 cm³/mol. The van der Waals surface area contributed by atoms with E-state index in [9.17, 15) is 13.6 Å². The fourth-order valence-corrected chi connectivity index (χ4v) is 2.47. The number of nitrogens with one attached hydrogen (secondary N) is 1. The molecular weight excluding hydrogens is 358 g/mol. The average Bonchev–Trinajstić information content (AvgIpc) is 3.11. The summed E-state index contributed by atoms with van der Waals surface area (Å²) in [6, 6.07) is 9.71. The highest BCUT2D eigenvalue weighted by molar-refractivity contribution is 5.92. The molecule has 0 saturated carbocycles. The van der Waals surface area contributed by atoms with Gasteiger partial charge in [-0.25, -0.2) is 8.78 Å². The Morgan fingerprint density at radius 3 is 2.56 bits per heavy atom. The zero-order valence-electron chi connectivity index (χ0n) is 14.6. The van der Waals surface area contributed by atoms with Crippen molar-refractivity contribution in [2.75, 3.05) is 19.5 Å². The summed E-state index contributed by atoms with van der Waals surface area (Å²) in [7, 11) is 3.05. The summed E-state index contributed by atoms with van der Waals surface area (Å²) < 4.78 is 42.2. The number of methoxy groups -OCH3 is 2. The number of carbonyl (C=O) groups is 1. The molecule has 1 heterocycles. The molecule has 3 rings (SSSR count). The van der Waals surface area contributed by atoms with Crippen molar-refractivity contribution in [2.45, 2.75) is 6.42 Å². The lowest BCUT2D eigenvalue weighted by molar-refractivity contribution is -0.115. The van der Waals surface area contributed by atoms with Gasteiger partial charge in [-0.15, -0.1) is 0 Å². The number of ether oxygens (including phenoxy) is 2. The zero-order chi connectivity index (χ0) is 19.4. The van der Waals surface area contributed by atoms with Gasteiger partial charge in [0.2, 0.25) is 5.91 Å². The van der Waals surface area contributed by atoms with E-state index in [1.807, 2.05) is 0 Å². The van der Waals surface area contributed by atoms with Gasteiger partial charge in [-0.1, -0.05) is 5.16 Å². The fourth-order valence-electron chi connectivity index (χ4n) is 2.47. The molecule has 1 N–H and O–H groups in total. The van der Waals surface area contributed by atoms with Crippen molar-refractivity contribution in [3.05, 3.63) is 59.8 Å². The molecule has 1 amide bonds. The lowest BCUT2D eigenvalue weighted by Gasteiger charge is -2.07. The molecule has 27 heavy (non-hydrogen) atoms. The van der Waals surface area contributed by atoms with Crippen LogP contribution in [0.5, 0.6) is 11.5 Å². The fraction of sp³-hybridized carbons (Fsp3) is 0.158. The first kappa shape index (κ1) is 18.4. The van der Waals surface area contributed by atoms with Crippen LogP contribution in [0.1, 0.15) is 5.69 Å². The second-order valence-electron chi connectivity index (χ2n) is 5.60. The molecule has 6 nitrogen and oxygen atoms in total. The number of hydrogen-bond acceptors (Lipinski definition) is 5. The van der Waals surface area contributed by atoms with E-state index in [-0.39, 0.29) is 12.1 Å². The molecule has 0 aliphatic heterocycles. The highest BCUT2D eigenvalue weighted by Gasteiger charge is 2.14. The molecule has 140 valence electrons. The minimum Gasteiger partial charge on any atom is -0.493 e. The first-order valence-electron chi connectivity index (χ1n) is 7.93. The second kappa shape index (κ2) is 7.86. The molecule has 0 atom stereocenters. The van der Waals surface area contributed by atoms with Gasteiger partial charge in [0.1, 0.15) is 11.6 Å². The van der Waals surface area contributed by atoms with Gasteiger partial charge in [-0.05, 0) is 30.3 Å². The summed E-state index contributed by atoms with van der Waals surface area (Å²) in [6.45, 7) is 0. The number of benzene rings is 2. The Balaban J connectivity index is 1.71. The first-order valence-corrected chi connectivity index (χ1v) is 7.93. The van der Waals surface area contributed by atoms with Crippen LogP contribution in [0.4, 0.5) is 14.5 Å². The van der Waals surface area contributed by atoms with Crippen molar-refractivity contribution < 1.29 is 27.6 Å². The van der Waals surface area contributed by atoms with Crippen LogP contribution in [0.15, 0.2) is 47.0 Å². The second-order valence-corrected chi connectivity index (χ2v) is 5.60. The van der Waals surface area contributed by atoms with E-state index in [4.69, 9.17) is 14.0 Å². The quantitative estimate of drug-likeness (QED) is 0.710. The highest BCUT2D eigenvalue weighted by Crippen LogP contribution is 2.32. The van der Waals surface area contributed by atoms with Gasteiger partial charge >= 0.3 is 0 Å². The predicted octanol–water partition coefficient (Wildman–Crippen LogP) is 3.82. The van der Waals surface area contributed by atoms with Gasteiger partial charge in [-0.2, -0.15) is 0 Å². The molecule has 0 radical (unpaired) electrons. The Labute approximate surface area is 153 Å². The van der Waals surface area contributed by atoms with E-state index in [1.54, 1.807) is 24.3 Å². The van der Waals surface area contributed by atoms with Crippen LogP contribution in [0.25, 0.3) is 11.3 Å². The minimum atomic E-state index is -0.852. The molecule has 1 aromatic heterocycles. The molecule has 2 aromatic carbocycles. The maximum absolute atomic E-state index is 13.6. The Kier molecular flexibility index (Phi) is 5.35. The Morgan fingerprint density at radius 2 is 1.85 bits per heavy atom. The van der Waals surface area contributed by atoms with Crippen LogP contribution in [0.2, 0.25) is 0 Å². The highest BCUT2D eigenvalue weighted by atomic mass is 19.1. The zero-order valence-corrected chi connectivity index (χ0v) is 14.6. The van der Waals surface area contributed by atoms with Crippen molar-refractivity contribution in [1.29, 1.82) is 0 Å². The van der Waals surface area contributed by atoms with Gasteiger partial charge < -0.3 is 19.3 Å². The van der Waals surface area contributed by atoms with Crippen LogP contribution in [0, 0.1) is 11.6 Å². The van der Waals surface area contributed by atoms with E-state index in [1.165, 1.54) is 14.2 Å². The third-order valence-electron chi connectivity index (χ3n) is 3.77. The number of halogens is 2. The Hall–Kier alpha value is -3.42. The van der Waals surface area contributed by atoms with Crippen molar-refractivity contribution in [3.8, 4) is 22.8 Å². The summed E-state index contributed by atoms with van der Waals surface area (Å²) in [5, 5.41) is 6.22. The number of anilines is 1. The van der Waals surface area contributed by atoms with E-state index in [0.29, 0.717) is 34.6 Å². The summed E-state index contributed by atoms with van der Waals surface area (Å²) in [5.74, 6) is -0.547. The SMILES string of the molecule is COc1ccc(-c2cc(CC(=O)Nc3ccc(F)cc3F)no2)cc1OC. The van der Waals surface area contributed by atoms with E-state index >= 15 is 0 Å². The molecule has 0 bridgehead atoms. The number of aromatic nitrogens is 1. The molecule has 3 aromatic rings. The van der Waals surface area contributed by atoms with Gasteiger partial charge in [0.05, 0.1) is 32.0 Å². The van der Waals surface area contributed by atoms with Crippen molar-refractivity contribution in [1.82, 2.24) is 5.16 Å². The van der Waals surface area contributed by atoms with Gasteiger partial charge in [0.25, 0.3) is 0 Å². The molecule has 8 heteroatoms. The summed E-state index contributed by atoms with van der Waals surface area (Å²) in [5.41, 5.74) is 0.946. The van der Waals surface area contributed by atoms with E-state index in [0.717, 1.165) is 12.1 Å². The van der Waals surface area contributed by atoms with E-state index < -0.39 is 17.5 Å². The maximum atomic E-state index is 13.6. The standard InChI is InChI=1S/C19H16F2N2O4/c1-25-16-6-3-11(7-18(16)26-2)17-9-13(23-27-17)10-19(24)22-15-5-4-12(20)8-14(15)21/h3-9H,10H2,1-2H3,(H,22,24). The van der Waals surface area contributed by atoms with Crippen LogP contribution < -0.4 is 14.8 Å². The molecule has 0 saturated heterocycles. The molecule has 0 spiro atoms.